The van der Waals surface area contributed by atoms with Crippen LogP contribution >= 0.6 is 22.7 Å². The fourth-order valence-corrected chi connectivity index (χ4v) is 6.66. The monoisotopic (exact) mass is 717 g/mol. The number of thiazole rings is 1. The van der Waals surface area contributed by atoms with Crippen molar-refractivity contribution < 1.29 is 26.2 Å². The predicted octanol–water partition coefficient (Wildman–Crippen LogP) is 12.2. The van der Waals surface area contributed by atoms with Gasteiger partial charge in [-0.05, 0) is 30.9 Å². The Bertz CT molecular complexity index is 1480. The van der Waals surface area contributed by atoms with Crippen LogP contribution in [0, 0.1) is 6.92 Å². The Morgan fingerprint density at radius 3 is 1.71 bits per heavy atom. The van der Waals surface area contributed by atoms with Gasteiger partial charge in [0.15, 0.2) is 0 Å². The zero-order chi connectivity index (χ0) is 32.6. The maximum atomic E-state index is 5.47. The summed E-state index contributed by atoms with van der Waals surface area (Å²) in [4.78, 5) is 6.53. The Hall–Kier alpha value is -2.19. The van der Waals surface area contributed by atoms with E-state index >= 15 is 0 Å². The Kier molecular flexibility index (Phi) is 19.6. The minimum Gasteiger partial charge on any atom is -0.672 e. The number of benzene rings is 3. The molecule has 0 saturated carbocycles. The van der Waals surface area contributed by atoms with Gasteiger partial charge in [-0.1, -0.05) is 111 Å². The van der Waals surface area contributed by atoms with Crippen molar-refractivity contribution in [3.05, 3.63) is 126 Å². The standard InChI is InChI=1S/C31H31N2S2.3C2H6N.Zr/c1-19(2)23-15-11-16-24(20(3)4)30(23)33-29(22-12-7-6-8-13-22)31-32-26(18-34-31)28-21(5)35-27-17-10-9-14-25(27)28;3*1-3-2;/h6-20,29H,1-5H3;3*1-2H3;/q4*-1;+4. The maximum Gasteiger partial charge on any atom is 4.00 e. The van der Waals surface area contributed by atoms with E-state index in [1.165, 1.54) is 37.2 Å². The first-order valence-corrected chi connectivity index (χ1v) is 16.6. The molecular formula is C37H49N5S2Zr. The normalized spacial score (nSPS) is 11.0. The van der Waals surface area contributed by atoms with Crippen LogP contribution in [-0.2, 0) is 26.2 Å². The molecule has 0 aliphatic carbocycles. The molecule has 3 aromatic carbocycles. The number of aryl methyl sites for hydroxylation is 1. The molecule has 0 bridgehead atoms. The predicted molar refractivity (Wildman–Crippen MR) is 199 cm³/mol. The molecule has 0 amide bonds. The summed E-state index contributed by atoms with van der Waals surface area (Å²) in [5, 5.41) is 20.5. The summed E-state index contributed by atoms with van der Waals surface area (Å²) in [6, 6.07) is 25.7. The van der Waals surface area contributed by atoms with Crippen LogP contribution in [-0.4, -0.2) is 47.3 Å². The molecule has 0 fully saturated rings. The summed E-state index contributed by atoms with van der Waals surface area (Å²) < 4.78 is 1.31. The summed E-state index contributed by atoms with van der Waals surface area (Å²) in [6.45, 7) is 11.2. The zero-order valence-electron chi connectivity index (χ0n) is 28.8. The van der Waals surface area contributed by atoms with E-state index in [1.807, 2.05) is 11.3 Å². The van der Waals surface area contributed by atoms with E-state index in [4.69, 9.17) is 10.3 Å². The van der Waals surface area contributed by atoms with E-state index in [-0.39, 0.29) is 32.2 Å². The molecule has 5 nitrogen and oxygen atoms in total. The van der Waals surface area contributed by atoms with E-state index in [2.05, 4.69) is 129 Å². The Balaban J connectivity index is 0.000000910. The summed E-state index contributed by atoms with van der Waals surface area (Å²) >= 11 is 3.56. The van der Waals surface area contributed by atoms with Crippen LogP contribution in [0.2, 0.25) is 0 Å². The van der Waals surface area contributed by atoms with Gasteiger partial charge in [0.25, 0.3) is 0 Å². The largest absolute Gasteiger partial charge is 4.00 e. The molecule has 8 heteroatoms. The zero-order valence-corrected chi connectivity index (χ0v) is 32.9. The van der Waals surface area contributed by atoms with Crippen molar-refractivity contribution >= 4 is 38.4 Å². The average molecular weight is 719 g/mol. The van der Waals surface area contributed by atoms with Crippen LogP contribution in [0.1, 0.15) is 72.1 Å². The smallest absolute Gasteiger partial charge is 0.672 e. The molecule has 45 heavy (non-hydrogen) atoms. The molecule has 5 rings (SSSR count). The fourth-order valence-electron chi connectivity index (χ4n) is 4.71. The van der Waals surface area contributed by atoms with Crippen molar-refractivity contribution in [3.8, 4) is 11.3 Å². The molecule has 0 N–H and O–H groups in total. The number of para-hydroxylation sites is 1. The molecule has 5 aromatic rings. The third kappa shape index (κ3) is 11.5. The fraction of sp³-hybridized carbons (Fsp3) is 0.378. The van der Waals surface area contributed by atoms with Gasteiger partial charge >= 0.3 is 26.2 Å². The van der Waals surface area contributed by atoms with E-state index in [9.17, 15) is 0 Å². The van der Waals surface area contributed by atoms with Gasteiger partial charge in [0.05, 0.1) is 10.7 Å². The molecule has 0 radical (unpaired) electrons. The van der Waals surface area contributed by atoms with E-state index < -0.39 is 0 Å². The Morgan fingerprint density at radius 1 is 0.667 bits per heavy atom. The summed E-state index contributed by atoms with van der Waals surface area (Å²) in [6.07, 6.45) is 0. The number of hydrogen-bond donors (Lipinski definition) is 0. The van der Waals surface area contributed by atoms with Crippen molar-refractivity contribution in [2.75, 3.05) is 42.3 Å². The van der Waals surface area contributed by atoms with Crippen molar-refractivity contribution in [1.29, 1.82) is 0 Å². The van der Waals surface area contributed by atoms with Crippen LogP contribution in [0.25, 0.3) is 42.6 Å². The summed E-state index contributed by atoms with van der Waals surface area (Å²) in [5.74, 6) is 0.797. The summed E-state index contributed by atoms with van der Waals surface area (Å²) in [7, 11) is 10.5. The second-order valence-electron chi connectivity index (χ2n) is 11.0. The molecule has 0 aliphatic heterocycles. The third-order valence-corrected chi connectivity index (χ3v) is 8.48. The number of hydrogen-bond acceptors (Lipinski definition) is 3. The van der Waals surface area contributed by atoms with Crippen molar-refractivity contribution in [2.45, 2.75) is 52.5 Å². The van der Waals surface area contributed by atoms with Crippen LogP contribution in [0.15, 0.2) is 78.2 Å². The maximum absolute atomic E-state index is 5.47. The van der Waals surface area contributed by atoms with Crippen molar-refractivity contribution in [1.82, 2.24) is 4.98 Å². The molecule has 0 spiro atoms. The van der Waals surface area contributed by atoms with Gasteiger partial charge in [-0.2, -0.15) is 42.3 Å². The minimum absolute atomic E-state index is 0. The van der Waals surface area contributed by atoms with Crippen LogP contribution in [0.5, 0.6) is 0 Å². The summed E-state index contributed by atoms with van der Waals surface area (Å²) in [5.41, 5.74) is 7.21. The third-order valence-electron chi connectivity index (χ3n) is 6.50. The van der Waals surface area contributed by atoms with Gasteiger partial charge in [-0.3, -0.25) is 0 Å². The number of fused-ring (bicyclic) bond motifs is 1. The van der Waals surface area contributed by atoms with Crippen LogP contribution < -0.4 is 0 Å². The first kappa shape index (κ1) is 40.8. The molecule has 1 unspecified atom stereocenters. The Labute approximate surface area is 299 Å². The SMILES string of the molecule is C[N-]C.C[N-]C.C[N-]C.Cc1sc2ccccc2c1-c1csc(C([N-]c2c(C(C)C)cccc2C(C)C)c2ccccc2)n1.[Zr+4]. The molecule has 1 atom stereocenters. The molecule has 2 aromatic heterocycles. The number of nitrogens with zero attached hydrogens (tertiary/aromatic N) is 5. The van der Waals surface area contributed by atoms with Crippen molar-refractivity contribution in [2.24, 2.45) is 0 Å². The minimum atomic E-state index is -0.141. The quantitative estimate of drug-likeness (QED) is 0.165. The molecular weight excluding hydrogens is 670 g/mol. The molecule has 0 aliphatic rings. The molecule has 2 heterocycles. The van der Waals surface area contributed by atoms with Crippen LogP contribution in [0.3, 0.4) is 0 Å². The van der Waals surface area contributed by atoms with Gasteiger partial charge in [-0.15, -0.1) is 28.4 Å². The number of aromatic nitrogens is 1. The first-order chi connectivity index (χ1) is 21.2. The van der Waals surface area contributed by atoms with Gasteiger partial charge in [0.2, 0.25) is 0 Å². The van der Waals surface area contributed by atoms with E-state index in [0.717, 1.165) is 16.4 Å². The number of rotatable bonds is 7. The van der Waals surface area contributed by atoms with Gasteiger partial charge in [0, 0.05) is 25.9 Å². The number of thiophene rings is 1. The van der Waals surface area contributed by atoms with Crippen LogP contribution in [0.4, 0.5) is 5.69 Å². The van der Waals surface area contributed by atoms with Gasteiger partial charge in [-0.25, -0.2) is 4.98 Å². The topological polar surface area (TPSA) is 69.3 Å². The van der Waals surface area contributed by atoms with Crippen molar-refractivity contribution in [3.63, 3.8) is 0 Å². The second kappa shape index (κ2) is 21.6. The first-order valence-electron chi connectivity index (χ1n) is 14.9. The van der Waals surface area contributed by atoms with E-state index in [1.54, 1.807) is 53.6 Å². The molecule has 238 valence electrons. The van der Waals surface area contributed by atoms with Gasteiger partial charge < -0.3 is 21.3 Å². The van der Waals surface area contributed by atoms with Gasteiger partial charge in [0.1, 0.15) is 0 Å². The molecule has 0 saturated heterocycles. The average Bonchev–Trinajstić information content (AvgIpc) is 3.60. The van der Waals surface area contributed by atoms with E-state index in [0.29, 0.717) is 11.8 Å². The second-order valence-corrected chi connectivity index (χ2v) is 13.1. The Morgan fingerprint density at radius 2 is 1.18 bits per heavy atom.